The number of thiazole rings is 1. The monoisotopic (exact) mass is 520 g/mol. The van der Waals surface area contributed by atoms with Gasteiger partial charge in [0, 0.05) is 10.6 Å². The summed E-state index contributed by atoms with van der Waals surface area (Å²) in [5.41, 5.74) is 1.65. The summed E-state index contributed by atoms with van der Waals surface area (Å²) < 4.78 is 11.7. The number of Topliss-reactive ketones (excluding diaryl/α,β-unsaturated/α-hetero) is 1. The average molecular weight is 521 g/mol. The number of methoxy groups -OCH3 is 1. The minimum absolute atomic E-state index is 0.0247. The summed E-state index contributed by atoms with van der Waals surface area (Å²) >= 11 is 7.27. The zero-order chi connectivity index (χ0) is 25.4. The van der Waals surface area contributed by atoms with Crippen LogP contribution in [0.3, 0.4) is 0 Å². The lowest BCUT2D eigenvalue weighted by Crippen LogP contribution is -2.29. The molecule has 182 valence electrons. The van der Waals surface area contributed by atoms with Gasteiger partial charge in [0.1, 0.15) is 17.3 Å². The van der Waals surface area contributed by atoms with Crippen molar-refractivity contribution in [3.63, 3.8) is 0 Å². The molecule has 0 bridgehead atoms. The first-order valence-corrected chi connectivity index (χ1v) is 12.3. The molecule has 1 N–H and O–H groups in total. The highest BCUT2D eigenvalue weighted by Gasteiger charge is 2.48. The summed E-state index contributed by atoms with van der Waals surface area (Å²) in [6, 6.07) is 18.0. The minimum Gasteiger partial charge on any atom is -0.507 e. The van der Waals surface area contributed by atoms with Crippen molar-refractivity contribution in [2.24, 2.45) is 0 Å². The topological polar surface area (TPSA) is 89.0 Å². The number of ether oxygens (including phenoxy) is 2. The smallest absolute Gasteiger partial charge is 0.301 e. The molecule has 0 aliphatic carbocycles. The van der Waals surface area contributed by atoms with Crippen molar-refractivity contribution in [3.8, 4) is 11.5 Å². The van der Waals surface area contributed by atoms with Gasteiger partial charge >= 0.3 is 5.91 Å². The fourth-order valence-corrected chi connectivity index (χ4v) is 5.29. The fraction of sp³-hybridized carbons (Fsp3) is 0.148. The molecule has 1 aliphatic rings. The molecular formula is C27H21ClN2O5S. The predicted octanol–water partition coefficient (Wildman–Crippen LogP) is 5.98. The Morgan fingerprint density at radius 3 is 2.42 bits per heavy atom. The summed E-state index contributed by atoms with van der Waals surface area (Å²) in [6.45, 7) is 2.39. The van der Waals surface area contributed by atoms with Crippen molar-refractivity contribution in [3.05, 3.63) is 88.5 Å². The van der Waals surface area contributed by atoms with Gasteiger partial charge in [0.25, 0.3) is 5.78 Å². The molecule has 4 aromatic rings. The summed E-state index contributed by atoms with van der Waals surface area (Å²) in [5, 5.41) is 12.0. The van der Waals surface area contributed by atoms with E-state index in [1.807, 2.05) is 13.0 Å². The van der Waals surface area contributed by atoms with E-state index in [9.17, 15) is 14.7 Å². The maximum absolute atomic E-state index is 13.4. The third kappa shape index (κ3) is 4.19. The first-order valence-electron chi connectivity index (χ1n) is 11.2. The zero-order valence-electron chi connectivity index (χ0n) is 19.4. The van der Waals surface area contributed by atoms with Gasteiger partial charge in [-0.25, -0.2) is 4.98 Å². The SMILES string of the molecule is CCOc1ccc(C2/C(=C(\O)c3ccc(Cl)cc3)C(=O)C(=O)N2c2nc3ccc(OC)cc3s2)cc1. The number of carbonyl (C=O) groups excluding carboxylic acids is 2. The van der Waals surface area contributed by atoms with Crippen LogP contribution in [0, 0.1) is 0 Å². The zero-order valence-corrected chi connectivity index (χ0v) is 21.0. The lowest BCUT2D eigenvalue weighted by molar-refractivity contribution is -0.132. The highest BCUT2D eigenvalue weighted by Crippen LogP contribution is 2.45. The summed E-state index contributed by atoms with van der Waals surface area (Å²) in [5.74, 6) is -0.531. The van der Waals surface area contributed by atoms with Gasteiger partial charge in [-0.05, 0) is 67.1 Å². The van der Waals surface area contributed by atoms with Crippen molar-refractivity contribution in [2.45, 2.75) is 13.0 Å². The first-order chi connectivity index (χ1) is 17.4. The van der Waals surface area contributed by atoms with E-state index in [2.05, 4.69) is 4.98 Å². The van der Waals surface area contributed by atoms with Crippen LogP contribution in [0.25, 0.3) is 16.0 Å². The summed E-state index contributed by atoms with van der Waals surface area (Å²) in [6.07, 6.45) is 0. The third-order valence-electron chi connectivity index (χ3n) is 5.86. The second kappa shape index (κ2) is 9.64. The van der Waals surface area contributed by atoms with Crippen LogP contribution in [0.4, 0.5) is 5.13 Å². The number of ketones is 1. The van der Waals surface area contributed by atoms with Gasteiger partial charge in [-0.2, -0.15) is 0 Å². The van der Waals surface area contributed by atoms with Crippen molar-refractivity contribution in [2.75, 3.05) is 18.6 Å². The van der Waals surface area contributed by atoms with Gasteiger partial charge < -0.3 is 14.6 Å². The maximum Gasteiger partial charge on any atom is 0.301 e. The molecule has 1 fully saturated rings. The predicted molar refractivity (Wildman–Crippen MR) is 140 cm³/mol. The van der Waals surface area contributed by atoms with Gasteiger partial charge in [-0.15, -0.1) is 0 Å². The van der Waals surface area contributed by atoms with E-state index >= 15 is 0 Å². The van der Waals surface area contributed by atoms with E-state index in [1.54, 1.807) is 67.8 Å². The summed E-state index contributed by atoms with van der Waals surface area (Å²) in [4.78, 5) is 32.7. The standard InChI is InChI=1S/C27H21ClN2O5S/c1-3-35-18-10-6-15(7-11-18)23-22(24(31)16-4-8-17(28)9-5-16)25(32)26(33)30(23)27-29-20-13-12-19(34-2)14-21(20)36-27/h4-14,23,31H,3H2,1-2H3/b24-22+. The Balaban J connectivity index is 1.69. The molecule has 1 amide bonds. The first kappa shape index (κ1) is 23.8. The Hall–Kier alpha value is -3.88. The van der Waals surface area contributed by atoms with Crippen molar-refractivity contribution in [1.29, 1.82) is 0 Å². The second-order valence-electron chi connectivity index (χ2n) is 8.01. The van der Waals surface area contributed by atoms with Crippen LogP contribution in [0.1, 0.15) is 24.1 Å². The quantitative estimate of drug-likeness (QED) is 0.191. The Kier molecular flexibility index (Phi) is 6.38. The number of aliphatic hydroxyl groups is 1. The number of halogens is 1. The molecule has 5 rings (SSSR count). The molecular weight excluding hydrogens is 500 g/mol. The fourth-order valence-electron chi connectivity index (χ4n) is 4.14. The van der Waals surface area contributed by atoms with Crippen molar-refractivity contribution < 1.29 is 24.2 Å². The number of hydrogen-bond donors (Lipinski definition) is 1. The number of hydrogen-bond acceptors (Lipinski definition) is 7. The molecule has 9 heteroatoms. The molecule has 36 heavy (non-hydrogen) atoms. The number of rotatable bonds is 6. The van der Waals surface area contributed by atoms with E-state index in [1.165, 1.54) is 16.2 Å². The van der Waals surface area contributed by atoms with Gasteiger partial charge in [0.05, 0.1) is 35.5 Å². The lowest BCUT2D eigenvalue weighted by Gasteiger charge is -2.23. The molecule has 7 nitrogen and oxygen atoms in total. The minimum atomic E-state index is -0.890. The van der Waals surface area contributed by atoms with Crippen LogP contribution in [-0.4, -0.2) is 35.5 Å². The Labute approximate surface area is 216 Å². The molecule has 2 heterocycles. The Morgan fingerprint density at radius 1 is 1.06 bits per heavy atom. The highest BCUT2D eigenvalue weighted by atomic mass is 35.5. The number of nitrogens with zero attached hydrogens (tertiary/aromatic N) is 2. The number of fused-ring (bicyclic) bond motifs is 1. The van der Waals surface area contributed by atoms with Crippen LogP contribution in [-0.2, 0) is 9.59 Å². The van der Waals surface area contributed by atoms with Crippen molar-refractivity contribution in [1.82, 2.24) is 4.98 Å². The molecule has 1 atom stereocenters. The van der Waals surface area contributed by atoms with E-state index in [-0.39, 0.29) is 11.3 Å². The number of anilines is 1. The van der Waals surface area contributed by atoms with Crippen LogP contribution < -0.4 is 14.4 Å². The van der Waals surface area contributed by atoms with Crippen LogP contribution in [0.5, 0.6) is 11.5 Å². The molecule has 1 saturated heterocycles. The van der Waals surface area contributed by atoms with E-state index in [0.717, 1.165) is 4.70 Å². The van der Waals surface area contributed by atoms with E-state index < -0.39 is 17.7 Å². The van der Waals surface area contributed by atoms with Crippen LogP contribution in [0.15, 0.2) is 72.3 Å². The Bertz CT molecular complexity index is 1500. The molecule has 1 aromatic heterocycles. The Morgan fingerprint density at radius 2 is 1.75 bits per heavy atom. The average Bonchev–Trinajstić information content (AvgIpc) is 3.42. The van der Waals surface area contributed by atoms with Gasteiger partial charge in [0.15, 0.2) is 5.13 Å². The lowest BCUT2D eigenvalue weighted by atomic mass is 9.95. The van der Waals surface area contributed by atoms with Crippen LogP contribution in [0.2, 0.25) is 5.02 Å². The van der Waals surface area contributed by atoms with Crippen LogP contribution >= 0.6 is 22.9 Å². The largest absolute Gasteiger partial charge is 0.507 e. The van der Waals surface area contributed by atoms with Gasteiger partial charge in [0.2, 0.25) is 0 Å². The number of aromatic nitrogens is 1. The molecule has 3 aromatic carbocycles. The second-order valence-corrected chi connectivity index (χ2v) is 9.45. The van der Waals surface area contributed by atoms with Gasteiger partial charge in [-0.1, -0.05) is 35.1 Å². The summed E-state index contributed by atoms with van der Waals surface area (Å²) in [7, 11) is 1.57. The molecule has 1 aliphatic heterocycles. The molecule has 0 saturated carbocycles. The van der Waals surface area contributed by atoms with E-state index in [0.29, 0.717) is 44.9 Å². The molecule has 0 radical (unpaired) electrons. The normalized spacial score (nSPS) is 17.1. The van der Waals surface area contributed by atoms with E-state index in [4.69, 9.17) is 21.1 Å². The number of benzene rings is 3. The molecule has 0 spiro atoms. The number of carbonyl (C=O) groups is 2. The number of aliphatic hydroxyl groups excluding tert-OH is 1. The van der Waals surface area contributed by atoms with Crippen molar-refractivity contribution >= 4 is 55.7 Å². The maximum atomic E-state index is 13.4. The third-order valence-corrected chi connectivity index (χ3v) is 7.13. The highest BCUT2D eigenvalue weighted by molar-refractivity contribution is 7.22. The number of amides is 1. The molecule has 1 unspecified atom stereocenters. The van der Waals surface area contributed by atoms with Gasteiger partial charge in [-0.3, -0.25) is 14.5 Å².